The number of carbonyl (C=O) groups is 1. The van der Waals surface area contributed by atoms with Gasteiger partial charge >= 0.3 is 6.16 Å². The van der Waals surface area contributed by atoms with E-state index in [4.69, 9.17) is 9.47 Å². The second kappa shape index (κ2) is 32.3. The quantitative estimate of drug-likeness (QED) is 0.0711. The van der Waals surface area contributed by atoms with Crippen molar-refractivity contribution in [3.8, 4) is 0 Å². The van der Waals surface area contributed by atoms with Gasteiger partial charge in [-0.15, -0.1) is 0 Å². The van der Waals surface area contributed by atoms with Crippen LogP contribution in [0.5, 0.6) is 0 Å². The lowest BCUT2D eigenvalue weighted by atomic mass is 10.0. The van der Waals surface area contributed by atoms with Crippen molar-refractivity contribution in [1.29, 1.82) is 0 Å². The molecule has 0 saturated carbocycles. The molecule has 0 aromatic heterocycles. The number of carbonyl (C=O) groups excluding carboxylic acids is 1. The van der Waals surface area contributed by atoms with Gasteiger partial charge in [0.2, 0.25) is 0 Å². The predicted octanol–water partition coefficient (Wildman–Crippen LogP) is 12.1. The van der Waals surface area contributed by atoms with E-state index in [1.165, 1.54) is 161 Å². The van der Waals surface area contributed by atoms with Crippen molar-refractivity contribution in [2.45, 2.75) is 194 Å². The molecule has 0 spiro atoms. The first-order valence-corrected chi connectivity index (χ1v) is 16.6. The van der Waals surface area contributed by atoms with Crippen LogP contribution in [-0.4, -0.2) is 19.4 Å². The molecule has 0 radical (unpaired) electrons. The van der Waals surface area contributed by atoms with Gasteiger partial charge < -0.3 is 9.47 Å². The largest absolute Gasteiger partial charge is 0.508 e. The van der Waals surface area contributed by atoms with Crippen LogP contribution >= 0.6 is 0 Å². The van der Waals surface area contributed by atoms with Gasteiger partial charge in [-0.25, -0.2) is 4.79 Å². The Balaban J connectivity index is 3.05. The summed E-state index contributed by atoms with van der Waals surface area (Å²) in [5.41, 5.74) is 0. The zero-order valence-electron chi connectivity index (χ0n) is 24.9. The molecule has 0 N–H and O–H groups in total. The first-order chi connectivity index (χ1) is 17.8. The second-order valence-electron chi connectivity index (χ2n) is 11.1. The lowest BCUT2D eigenvalue weighted by molar-refractivity contribution is 0.0541. The van der Waals surface area contributed by atoms with E-state index in [0.29, 0.717) is 13.2 Å². The van der Waals surface area contributed by atoms with E-state index >= 15 is 0 Å². The minimum Gasteiger partial charge on any atom is -0.434 e. The molecule has 216 valence electrons. The molecule has 0 aliphatic rings. The topological polar surface area (TPSA) is 35.5 Å². The Morgan fingerprint density at radius 2 is 0.583 bits per heavy atom. The van der Waals surface area contributed by atoms with E-state index in [1.807, 2.05) is 6.92 Å². The van der Waals surface area contributed by atoms with Crippen LogP contribution in [0, 0.1) is 0 Å². The van der Waals surface area contributed by atoms with Crippen LogP contribution in [-0.2, 0) is 9.47 Å². The molecule has 0 aromatic rings. The highest BCUT2D eigenvalue weighted by atomic mass is 16.7. The molecular weight excluding hydrogens is 444 g/mol. The molecular formula is C33H66O3. The fourth-order valence-corrected chi connectivity index (χ4v) is 4.98. The Hall–Kier alpha value is -0.730. The highest BCUT2D eigenvalue weighted by Gasteiger charge is 2.02. The van der Waals surface area contributed by atoms with Gasteiger partial charge in [0.15, 0.2) is 0 Å². The molecule has 0 aliphatic heterocycles. The van der Waals surface area contributed by atoms with Crippen LogP contribution in [0.2, 0.25) is 0 Å². The van der Waals surface area contributed by atoms with E-state index < -0.39 is 6.16 Å². The smallest absolute Gasteiger partial charge is 0.434 e. The van der Waals surface area contributed by atoms with Gasteiger partial charge in [-0.05, 0) is 12.8 Å². The Labute approximate surface area is 227 Å². The molecule has 3 nitrogen and oxygen atoms in total. The Bertz CT molecular complexity index is 410. The molecule has 0 amide bonds. The monoisotopic (exact) mass is 511 g/mol. The second-order valence-corrected chi connectivity index (χ2v) is 11.1. The van der Waals surface area contributed by atoms with Gasteiger partial charge in [-0.2, -0.15) is 0 Å². The number of hydrogen-bond donors (Lipinski definition) is 0. The Morgan fingerprint density at radius 3 is 0.861 bits per heavy atom. The lowest BCUT2D eigenvalue weighted by Crippen LogP contribution is -2.08. The average molecular weight is 511 g/mol. The number of unbranched alkanes of at least 4 members (excludes halogenated alkanes) is 26. The number of rotatable bonds is 30. The van der Waals surface area contributed by atoms with Gasteiger partial charge in [-0.1, -0.05) is 181 Å². The van der Waals surface area contributed by atoms with E-state index in [-0.39, 0.29) is 0 Å². The molecule has 0 atom stereocenters. The van der Waals surface area contributed by atoms with Gasteiger partial charge in [-0.3, -0.25) is 0 Å². The molecule has 36 heavy (non-hydrogen) atoms. The molecule has 0 aromatic carbocycles. The third-order valence-electron chi connectivity index (χ3n) is 7.39. The zero-order chi connectivity index (χ0) is 26.2. The first-order valence-electron chi connectivity index (χ1n) is 16.6. The van der Waals surface area contributed by atoms with Crippen LogP contribution in [0.25, 0.3) is 0 Å². The van der Waals surface area contributed by atoms with E-state index in [1.54, 1.807) is 0 Å². The Morgan fingerprint density at radius 1 is 0.333 bits per heavy atom. The highest BCUT2D eigenvalue weighted by Crippen LogP contribution is 2.16. The summed E-state index contributed by atoms with van der Waals surface area (Å²) in [6.45, 7) is 5.24. The van der Waals surface area contributed by atoms with Crippen LogP contribution < -0.4 is 0 Å². The standard InChI is InChI=1S/C33H66O3/c1-3-5-6-7-8-9-10-11-12-13-14-15-16-17-18-19-20-21-22-23-24-25-26-27-28-29-30-32-36-33(34)35-31-4-2/h3-32H2,1-2H3. The third-order valence-corrected chi connectivity index (χ3v) is 7.39. The van der Waals surface area contributed by atoms with E-state index in [2.05, 4.69) is 6.92 Å². The molecule has 0 aliphatic carbocycles. The fourth-order valence-electron chi connectivity index (χ4n) is 4.98. The van der Waals surface area contributed by atoms with E-state index in [9.17, 15) is 4.79 Å². The van der Waals surface area contributed by atoms with Crippen molar-refractivity contribution >= 4 is 6.16 Å². The van der Waals surface area contributed by atoms with Crippen LogP contribution in [0.1, 0.15) is 194 Å². The molecule has 0 heterocycles. The maximum atomic E-state index is 11.2. The van der Waals surface area contributed by atoms with Gasteiger partial charge in [0, 0.05) is 0 Å². The van der Waals surface area contributed by atoms with E-state index in [0.717, 1.165) is 19.3 Å². The summed E-state index contributed by atoms with van der Waals surface area (Å²) in [5.74, 6) is 0. The van der Waals surface area contributed by atoms with Gasteiger partial charge in [0.05, 0.1) is 13.2 Å². The summed E-state index contributed by atoms with van der Waals surface area (Å²) < 4.78 is 9.93. The summed E-state index contributed by atoms with van der Waals surface area (Å²) in [5, 5.41) is 0. The molecule has 0 unspecified atom stereocenters. The minimum atomic E-state index is -0.508. The molecule has 0 saturated heterocycles. The van der Waals surface area contributed by atoms with Crippen LogP contribution in [0.3, 0.4) is 0 Å². The van der Waals surface area contributed by atoms with Gasteiger partial charge in [0.25, 0.3) is 0 Å². The Kier molecular flexibility index (Phi) is 31.6. The lowest BCUT2D eigenvalue weighted by Gasteiger charge is -2.05. The fraction of sp³-hybridized carbons (Fsp3) is 0.970. The minimum absolute atomic E-state index is 0.457. The van der Waals surface area contributed by atoms with Crippen molar-refractivity contribution in [3.05, 3.63) is 0 Å². The predicted molar refractivity (Wildman–Crippen MR) is 158 cm³/mol. The van der Waals surface area contributed by atoms with Crippen molar-refractivity contribution in [2.24, 2.45) is 0 Å². The number of ether oxygens (including phenoxy) is 2. The van der Waals surface area contributed by atoms with Crippen LogP contribution in [0.4, 0.5) is 4.79 Å². The molecule has 0 bridgehead atoms. The summed E-state index contributed by atoms with van der Waals surface area (Å²) in [4.78, 5) is 11.2. The first kappa shape index (κ1) is 35.3. The van der Waals surface area contributed by atoms with Crippen molar-refractivity contribution < 1.29 is 14.3 Å². The maximum absolute atomic E-state index is 11.2. The number of hydrogen-bond acceptors (Lipinski definition) is 3. The van der Waals surface area contributed by atoms with Gasteiger partial charge in [0.1, 0.15) is 0 Å². The normalized spacial score (nSPS) is 11.2. The third kappa shape index (κ3) is 31.3. The van der Waals surface area contributed by atoms with Crippen molar-refractivity contribution in [3.63, 3.8) is 0 Å². The SMILES string of the molecule is CCCCCCCCCCCCCCCCCCCCCCCCCCCCCOC(=O)OCCC. The maximum Gasteiger partial charge on any atom is 0.508 e. The highest BCUT2D eigenvalue weighted by molar-refractivity contribution is 5.59. The molecule has 3 heteroatoms. The zero-order valence-corrected chi connectivity index (χ0v) is 24.9. The van der Waals surface area contributed by atoms with Crippen molar-refractivity contribution in [2.75, 3.05) is 13.2 Å². The molecule has 0 rings (SSSR count). The summed E-state index contributed by atoms with van der Waals surface area (Å²) in [6.07, 6.45) is 38.3. The summed E-state index contributed by atoms with van der Waals surface area (Å²) >= 11 is 0. The average Bonchev–Trinajstić information content (AvgIpc) is 2.89. The van der Waals surface area contributed by atoms with Crippen molar-refractivity contribution in [1.82, 2.24) is 0 Å². The summed E-state index contributed by atoms with van der Waals surface area (Å²) in [6, 6.07) is 0. The summed E-state index contributed by atoms with van der Waals surface area (Å²) in [7, 11) is 0. The molecule has 0 fully saturated rings. The van der Waals surface area contributed by atoms with Crippen LogP contribution in [0.15, 0.2) is 0 Å².